The van der Waals surface area contributed by atoms with Gasteiger partial charge >= 0.3 is 0 Å². The second kappa shape index (κ2) is 5.79. The van der Waals surface area contributed by atoms with Gasteiger partial charge in [-0.15, -0.1) is 0 Å². The number of amides is 1. The van der Waals surface area contributed by atoms with Crippen LogP contribution >= 0.6 is 0 Å². The van der Waals surface area contributed by atoms with Crippen LogP contribution in [0.25, 0.3) is 0 Å². The molecular formula is C15H24N4O. The third kappa shape index (κ3) is 2.93. The first kappa shape index (κ1) is 14.8. The molecule has 0 radical (unpaired) electrons. The highest BCUT2D eigenvalue weighted by atomic mass is 16.2. The van der Waals surface area contributed by atoms with Gasteiger partial charge in [0.1, 0.15) is 5.82 Å². The predicted octanol–water partition coefficient (Wildman–Crippen LogP) is 1.68. The van der Waals surface area contributed by atoms with E-state index < -0.39 is 0 Å². The van der Waals surface area contributed by atoms with E-state index in [-0.39, 0.29) is 11.4 Å². The monoisotopic (exact) mass is 276 g/mol. The van der Waals surface area contributed by atoms with Crippen molar-refractivity contribution in [2.24, 2.45) is 0 Å². The number of carbonyl (C=O) groups excluding carboxylic acids is 1. The third-order valence-electron chi connectivity index (χ3n) is 4.25. The highest BCUT2D eigenvalue weighted by Gasteiger charge is 2.38. The van der Waals surface area contributed by atoms with Crippen molar-refractivity contribution in [2.45, 2.75) is 24.8 Å². The fourth-order valence-corrected chi connectivity index (χ4v) is 2.51. The Hall–Kier alpha value is -1.62. The lowest BCUT2D eigenvalue weighted by atomic mass is 9.75. The van der Waals surface area contributed by atoms with Crippen LogP contribution in [-0.2, 0) is 0 Å². The van der Waals surface area contributed by atoms with Crippen molar-refractivity contribution in [1.29, 1.82) is 0 Å². The number of nitrogens with zero attached hydrogens (tertiary/aromatic N) is 3. The standard InChI is InChI=1S/C15H24N4O/c1-18(2)14(20)12-6-7-13(16-10-12)17-11-15(19(3)4)8-5-9-15/h6-7,10H,5,8-9,11H2,1-4H3,(H,16,17). The van der Waals surface area contributed by atoms with Gasteiger partial charge < -0.3 is 15.1 Å². The summed E-state index contributed by atoms with van der Waals surface area (Å²) in [5.74, 6) is 0.807. The predicted molar refractivity (Wildman–Crippen MR) is 81.0 cm³/mol. The van der Waals surface area contributed by atoms with E-state index in [9.17, 15) is 4.79 Å². The summed E-state index contributed by atoms with van der Waals surface area (Å²) in [5, 5.41) is 3.39. The molecule has 2 rings (SSSR count). The molecule has 1 amide bonds. The Balaban J connectivity index is 1.96. The molecule has 110 valence electrons. The Morgan fingerprint density at radius 1 is 1.30 bits per heavy atom. The second-order valence-electron chi connectivity index (χ2n) is 5.96. The number of aromatic nitrogens is 1. The number of nitrogens with one attached hydrogen (secondary N) is 1. The summed E-state index contributed by atoms with van der Waals surface area (Å²) in [6, 6.07) is 3.69. The van der Waals surface area contributed by atoms with Crippen molar-refractivity contribution in [3.05, 3.63) is 23.9 Å². The van der Waals surface area contributed by atoms with E-state index in [1.54, 1.807) is 25.2 Å². The van der Waals surface area contributed by atoms with Crippen LogP contribution in [0.2, 0.25) is 0 Å². The Kier molecular flexibility index (Phi) is 4.28. The third-order valence-corrected chi connectivity index (χ3v) is 4.25. The van der Waals surface area contributed by atoms with Crippen LogP contribution in [0.1, 0.15) is 29.6 Å². The quantitative estimate of drug-likeness (QED) is 0.889. The van der Waals surface area contributed by atoms with Gasteiger partial charge in [-0.2, -0.15) is 0 Å². The van der Waals surface area contributed by atoms with E-state index >= 15 is 0 Å². The van der Waals surface area contributed by atoms with Gasteiger partial charge in [0.2, 0.25) is 0 Å². The lowest BCUT2D eigenvalue weighted by Crippen LogP contribution is -2.54. The Bertz CT molecular complexity index is 463. The molecule has 0 aliphatic heterocycles. The van der Waals surface area contributed by atoms with Crippen molar-refractivity contribution in [3.8, 4) is 0 Å². The van der Waals surface area contributed by atoms with Crippen molar-refractivity contribution in [3.63, 3.8) is 0 Å². The Labute approximate surface area is 121 Å². The zero-order valence-corrected chi connectivity index (χ0v) is 12.8. The van der Waals surface area contributed by atoms with Gasteiger partial charge in [-0.3, -0.25) is 4.79 Å². The number of likely N-dealkylation sites (N-methyl/N-ethyl adjacent to an activating group) is 1. The summed E-state index contributed by atoms with van der Waals surface area (Å²) >= 11 is 0. The number of hydrogen-bond donors (Lipinski definition) is 1. The number of anilines is 1. The zero-order chi connectivity index (χ0) is 14.8. The first-order chi connectivity index (χ1) is 9.44. The molecule has 1 N–H and O–H groups in total. The molecule has 20 heavy (non-hydrogen) atoms. The molecule has 1 aliphatic rings. The van der Waals surface area contributed by atoms with Crippen LogP contribution in [-0.4, -0.2) is 61.0 Å². The van der Waals surface area contributed by atoms with E-state index in [2.05, 4.69) is 29.3 Å². The van der Waals surface area contributed by atoms with Gasteiger partial charge in [0.05, 0.1) is 5.56 Å². The fourth-order valence-electron chi connectivity index (χ4n) is 2.51. The minimum atomic E-state index is -0.0206. The van der Waals surface area contributed by atoms with Crippen molar-refractivity contribution in [1.82, 2.24) is 14.8 Å². The van der Waals surface area contributed by atoms with Crippen LogP contribution in [0.3, 0.4) is 0 Å². The van der Waals surface area contributed by atoms with E-state index in [0.29, 0.717) is 5.56 Å². The normalized spacial score (nSPS) is 16.6. The molecule has 0 bridgehead atoms. The summed E-state index contributed by atoms with van der Waals surface area (Å²) in [5.41, 5.74) is 0.881. The molecule has 0 saturated heterocycles. The van der Waals surface area contributed by atoms with Crippen LogP contribution in [0.5, 0.6) is 0 Å². The maximum Gasteiger partial charge on any atom is 0.254 e. The van der Waals surface area contributed by atoms with E-state index in [1.807, 2.05) is 12.1 Å². The van der Waals surface area contributed by atoms with Crippen molar-refractivity contribution >= 4 is 11.7 Å². The number of rotatable bonds is 5. The van der Waals surface area contributed by atoms with E-state index in [4.69, 9.17) is 0 Å². The first-order valence-electron chi connectivity index (χ1n) is 7.04. The maximum absolute atomic E-state index is 11.8. The molecule has 0 aromatic carbocycles. The summed E-state index contributed by atoms with van der Waals surface area (Å²) in [4.78, 5) is 20.0. The average molecular weight is 276 g/mol. The SMILES string of the molecule is CN(C)C(=O)c1ccc(NCC2(N(C)C)CCC2)nc1. The molecule has 0 atom stereocenters. The molecule has 1 aliphatic carbocycles. The van der Waals surface area contributed by atoms with Crippen LogP contribution < -0.4 is 5.32 Å². The van der Waals surface area contributed by atoms with Gasteiger partial charge in [-0.05, 0) is 45.5 Å². The van der Waals surface area contributed by atoms with Gasteiger partial charge in [-0.25, -0.2) is 4.98 Å². The lowest BCUT2D eigenvalue weighted by molar-refractivity contribution is 0.0738. The summed E-state index contributed by atoms with van der Waals surface area (Å²) in [6.45, 7) is 0.897. The number of pyridine rings is 1. The van der Waals surface area contributed by atoms with Gasteiger partial charge in [0, 0.05) is 32.4 Å². The summed E-state index contributed by atoms with van der Waals surface area (Å²) < 4.78 is 0. The van der Waals surface area contributed by atoms with Gasteiger partial charge in [-0.1, -0.05) is 0 Å². The maximum atomic E-state index is 11.8. The van der Waals surface area contributed by atoms with Gasteiger partial charge in [0.15, 0.2) is 0 Å². The van der Waals surface area contributed by atoms with E-state index in [1.165, 1.54) is 19.3 Å². The Morgan fingerprint density at radius 3 is 2.40 bits per heavy atom. The molecule has 1 fully saturated rings. The molecule has 5 nitrogen and oxygen atoms in total. The molecule has 1 saturated carbocycles. The molecule has 5 heteroatoms. The van der Waals surface area contributed by atoms with E-state index in [0.717, 1.165) is 12.4 Å². The Morgan fingerprint density at radius 2 is 2.00 bits per heavy atom. The minimum Gasteiger partial charge on any atom is -0.368 e. The number of carbonyl (C=O) groups is 1. The topological polar surface area (TPSA) is 48.5 Å². The largest absolute Gasteiger partial charge is 0.368 e. The first-order valence-corrected chi connectivity index (χ1v) is 7.04. The minimum absolute atomic E-state index is 0.0206. The van der Waals surface area contributed by atoms with Gasteiger partial charge in [0.25, 0.3) is 5.91 Å². The highest BCUT2D eigenvalue weighted by molar-refractivity contribution is 5.93. The summed E-state index contributed by atoms with van der Waals surface area (Å²) in [7, 11) is 7.75. The lowest BCUT2D eigenvalue weighted by Gasteiger charge is -2.47. The van der Waals surface area contributed by atoms with Crippen LogP contribution in [0.15, 0.2) is 18.3 Å². The second-order valence-corrected chi connectivity index (χ2v) is 5.96. The number of hydrogen-bond acceptors (Lipinski definition) is 4. The van der Waals surface area contributed by atoms with Crippen molar-refractivity contribution < 1.29 is 4.79 Å². The van der Waals surface area contributed by atoms with Crippen LogP contribution in [0, 0.1) is 0 Å². The molecular weight excluding hydrogens is 252 g/mol. The average Bonchev–Trinajstić information content (AvgIpc) is 2.36. The smallest absolute Gasteiger partial charge is 0.254 e. The molecule has 0 spiro atoms. The van der Waals surface area contributed by atoms with Crippen LogP contribution in [0.4, 0.5) is 5.82 Å². The molecule has 1 heterocycles. The zero-order valence-electron chi connectivity index (χ0n) is 12.8. The fraction of sp³-hybridized carbons (Fsp3) is 0.600. The molecule has 1 aromatic heterocycles. The molecule has 0 unspecified atom stereocenters. The highest BCUT2D eigenvalue weighted by Crippen LogP contribution is 2.36. The molecule has 1 aromatic rings. The summed E-state index contributed by atoms with van der Waals surface area (Å²) in [6.07, 6.45) is 5.38. The van der Waals surface area contributed by atoms with Crippen molar-refractivity contribution in [2.75, 3.05) is 40.1 Å².